The van der Waals surface area contributed by atoms with E-state index in [1.54, 1.807) is 0 Å². The lowest BCUT2D eigenvalue weighted by molar-refractivity contribution is 0.779. The van der Waals surface area contributed by atoms with E-state index in [9.17, 15) is 0 Å². The maximum atomic E-state index is 5.16. The van der Waals surface area contributed by atoms with Crippen molar-refractivity contribution in [2.45, 2.75) is 0 Å². The van der Waals surface area contributed by atoms with Gasteiger partial charge in [-0.25, -0.2) is 4.98 Å². The second-order valence-electron chi connectivity index (χ2n) is 11.8. The van der Waals surface area contributed by atoms with E-state index < -0.39 is 0 Å². The van der Waals surface area contributed by atoms with Crippen LogP contribution in [0.15, 0.2) is 162 Å². The molecule has 0 bridgehead atoms. The summed E-state index contributed by atoms with van der Waals surface area (Å²) in [5.41, 5.74) is 10.5. The molecule has 1 unspecified atom stereocenters. The van der Waals surface area contributed by atoms with Gasteiger partial charge in [0.1, 0.15) is 5.82 Å². The van der Waals surface area contributed by atoms with Crippen molar-refractivity contribution in [2.75, 3.05) is 6.54 Å². The molecule has 2 heterocycles. The second kappa shape index (κ2) is 10.4. The maximum Gasteiger partial charge on any atom is 0.145 e. The van der Waals surface area contributed by atoms with E-state index in [1.807, 2.05) is 6.21 Å². The molecule has 9 rings (SSSR count). The fourth-order valence-corrected chi connectivity index (χ4v) is 7.09. The van der Waals surface area contributed by atoms with Crippen molar-refractivity contribution in [2.24, 2.45) is 10.9 Å². The Hall–Kier alpha value is -5.80. The summed E-state index contributed by atoms with van der Waals surface area (Å²) < 4.78 is 2.27. The predicted octanol–water partition coefficient (Wildman–Crippen LogP) is 10.2. The molecule has 1 aromatic heterocycles. The first-order valence-electron chi connectivity index (χ1n) is 15.5. The van der Waals surface area contributed by atoms with E-state index >= 15 is 0 Å². The van der Waals surface area contributed by atoms with Crippen LogP contribution in [-0.2, 0) is 0 Å². The highest BCUT2D eigenvalue weighted by molar-refractivity contribution is 6.19. The standard InChI is InChI=1S/C42H29N3/c1-2-13-33(14-3-1)45-39-20-9-8-19-38(39)44-42(45)31-12-10-11-29(26-31)40-34-15-4-6-17-36(34)41(37-18-7-5-16-35(37)40)30-21-22-32-27-43-24-23-28(32)25-30/h1-26,32H,27H2. The van der Waals surface area contributed by atoms with Gasteiger partial charge in [-0.1, -0.05) is 115 Å². The van der Waals surface area contributed by atoms with Crippen LogP contribution in [0.3, 0.4) is 0 Å². The van der Waals surface area contributed by atoms with E-state index in [4.69, 9.17) is 4.98 Å². The van der Waals surface area contributed by atoms with Gasteiger partial charge >= 0.3 is 0 Å². The third kappa shape index (κ3) is 4.20. The van der Waals surface area contributed by atoms with Crippen molar-refractivity contribution in [3.63, 3.8) is 0 Å². The first kappa shape index (κ1) is 25.7. The number of para-hydroxylation sites is 3. The number of hydrogen-bond donors (Lipinski definition) is 0. The van der Waals surface area contributed by atoms with Crippen LogP contribution in [0.2, 0.25) is 0 Å². The quantitative estimate of drug-likeness (QED) is 0.192. The molecule has 0 radical (unpaired) electrons. The van der Waals surface area contributed by atoms with E-state index in [0.29, 0.717) is 5.92 Å². The van der Waals surface area contributed by atoms with E-state index in [1.165, 1.54) is 49.4 Å². The summed E-state index contributed by atoms with van der Waals surface area (Å²) in [6.45, 7) is 0.820. The molecular formula is C42H29N3. The minimum atomic E-state index is 0.360. The van der Waals surface area contributed by atoms with Gasteiger partial charge in [0, 0.05) is 29.9 Å². The monoisotopic (exact) mass is 575 g/mol. The number of fused-ring (bicyclic) bond motifs is 4. The zero-order valence-corrected chi connectivity index (χ0v) is 24.6. The molecule has 0 amide bonds. The molecule has 0 saturated carbocycles. The average Bonchev–Trinajstić information content (AvgIpc) is 3.51. The van der Waals surface area contributed by atoms with E-state index in [-0.39, 0.29) is 0 Å². The fraction of sp³-hybridized carbons (Fsp3) is 0.0476. The largest absolute Gasteiger partial charge is 0.292 e. The number of aliphatic imine (C=N–C) groups is 1. The SMILES string of the molecule is C1=CC2CN=CC=C2C=C1c1c2ccccc2c(-c2cccc(-c3nc4ccccc4n3-c3ccccc3)c2)c2ccccc12. The number of benzene rings is 6. The minimum absolute atomic E-state index is 0.360. The highest BCUT2D eigenvalue weighted by Crippen LogP contribution is 2.44. The Bertz CT molecular complexity index is 2350. The Morgan fingerprint density at radius 2 is 1.29 bits per heavy atom. The van der Waals surface area contributed by atoms with Gasteiger partial charge in [0.2, 0.25) is 0 Å². The molecule has 3 heteroatoms. The van der Waals surface area contributed by atoms with Crippen LogP contribution >= 0.6 is 0 Å². The first-order valence-corrected chi connectivity index (χ1v) is 15.5. The third-order valence-electron chi connectivity index (χ3n) is 9.14. The Kier molecular flexibility index (Phi) is 5.95. The molecule has 1 aliphatic carbocycles. The zero-order chi connectivity index (χ0) is 29.7. The molecule has 1 atom stereocenters. The Labute approximate surface area is 261 Å². The van der Waals surface area contributed by atoms with Crippen molar-refractivity contribution >= 4 is 44.4 Å². The number of dihydropyridines is 1. The normalized spacial score (nSPS) is 15.8. The van der Waals surface area contributed by atoms with Crippen LogP contribution in [-0.4, -0.2) is 22.3 Å². The lowest BCUT2D eigenvalue weighted by Crippen LogP contribution is -2.11. The van der Waals surface area contributed by atoms with Gasteiger partial charge in [-0.05, 0) is 85.8 Å². The summed E-state index contributed by atoms with van der Waals surface area (Å²) in [6, 6.07) is 45.5. The van der Waals surface area contributed by atoms with Gasteiger partial charge < -0.3 is 0 Å². The maximum absolute atomic E-state index is 5.16. The summed E-state index contributed by atoms with van der Waals surface area (Å²) in [5.74, 6) is 1.30. The number of aromatic nitrogens is 2. The van der Waals surface area contributed by atoms with Gasteiger partial charge in [0.05, 0.1) is 11.0 Å². The lowest BCUT2D eigenvalue weighted by atomic mass is 9.82. The van der Waals surface area contributed by atoms with Crippen LogP contribution in [0.1, 0.15) is 5.56 Å². The van der Waals surface area contributed by atoms with Crippen molar-refractivity contribution in [3.8, 4) is 28.2 Å². The summed E-state index contributed by atoms with van der Waals surface area (Å²) >= 11 is 0. The van der Waals surface area contributed by atoms with E-state index in [2.05, 4.69) is 161 Å². The van der Waals surface area contributed by atoms with Crippen LogP contribution < -0.4 is 0 Å². The van der Waals surface area contributed by atoms with Gasteiger partial charge in [-0.15, -0.1) is 0 Å². The smallest absolute Gasteiger partial charge is 0.145 e. The number of hydrogen-bond acceptors (Lipinski definition) is 2. The number of imidazole rings is 1. The first-order chi connectivity index (χ1) is 22.3. The van der Waals surface area contributed by atoms with Crippen molar-refractivity contribution in [1.29, 1.82) is 0 Å². The minimum Gasteiger partial charge on any atom is -0.292 e. The number of allylic oxidation sites excluding steroid dienone is 4. The van der Waals surface area contributed by atoms with Crippen LogP contribution in [0.25, 0.3) is 66.4 Å². The topological polar surface area (TPSA) is 30.2 Å². The van der Waals surface area contributed by atoms with Crippen LogP contribution in [0.5, 0.6) is 0 Å². The molecule has 7 aromatic rings. The van der Waals surface area contributed by atoms with Gasteiger partial charge in [0.15, 0.2) is 0 Å². The lowest BCUT2D eigenvalue weighted by Gasteiger charge is -2.23. The summed E-state index contributed by atoms with van der Waals surface area (Å²) in [4.78, 5) is 9.64. The Morgan fingerprint density at radius 1 is 0.622 bits per heavy atom. The average molecular weight is 576 g/mol. The van der Waals surface area contributed by atoms with Crippen LogP contribution in [0.4, 0.5) is 0 Å². The molecule has 0 fully saturated rings. The number of nitrogens with zero attached hydrogens (tertiary/aromatic N) is 3. The van der Waals surface area contributed by atoms with E-state index in [0.717, 1.165) is 34.7 Å². The van der Waals surface area contributed by atoms with Gasteiger partial charge in [-0.2, -0.15) is 0 Å². The molecule has 45 heavy (non-hydrogen) atoms. The fourth-order valence-electron chi connectivity index (χ4n) is 7.09. The van der Waals surface area contributed by atoms with Crippen molar-refractivity contribution < 1.29 is 0 Å². The molecular weight excluding hydrogens is 546 g/mol. The number of rotatable bonds is 4. The van der Waals surface area contributed by atoms with Crippen molar-refractivity contribution in [3.05, 3.63) is 163 Å². The Balaban J connectivity index is 1.29. The molecule has 1 aliphatic heterocycles. The third-order valence-corrected chi connectivity index (χ3v) is 9.14. The molecule has 3 nitrogen and oxygen atoms in total. The highest BCUT2D eigenvalue weighted by Gasteiger charge is 2.22. The molecule has 6 aromatic carbocycles. The summed E-state index contributed by atoms with van der Waals surface area (Å²) in [6.07, 6.45) is 11.1. The van der Waals surface area contributed by atoms with Crippen LogP contribution in [0, 0.1) is 5.92 Å². The second-order valence-corrected chi connectivity index (χ2v) is 11.8. The predicted molar refractivity (Wildman–Crippen MR) is 189 cm³/mol. The Morgan fingerprint density at radius 3 is 2.07 bits per heavy atom. The van der Waals surface area contributed by atoms with Gasteiger partial charge in [-0.3, -0.25) is 9.56 Å². The molecule has 0 N–H and O–H groups in total. The molecule has 0 spiro atoms. The summed E-state index contributed by atoms with van der Waals surface area (Å²) in [7, 11) is 0. The molecule has 212 valence electrons. The highest BCUT2D eigenvalue weighted by atomic mass is 15.1. The zero-order valence-electron chi connectivity index (χ0n) is 24.6. The molecule has 2 aliphatic rings. The van der Waals surface area contributed by atoms with Gasteiger partial charge in [0.25, 0.3) is 0 Å². The van der Waals surface area contributed by atoms with Crippen molar-refractivity contribution in [1.82, 2.24) is 9.55 Å². The summed E-state index contributed by atoms with van der Waals surface area (Å²) in [5, 5.41) is 5.01. The molecule has 0 saturated heterocycles.